The van der Waals surface area contributed by atoms with E-state index >= 15 is 0 Å². The third-order valence-electron chi connectivity index (χ3n) is 4.99. The molecule has 1 saturated heterocycles. The highest BCUT2D eigenvalue weighted by atomic mass is 16.5. The van der Waals surface area contributed by atoms with Crippen LogP contribution >= 0.6 is 0 Å². The summed E-state index contributed by atoms with van der Waals surface area (Å²) in [5, 5.41) is 4.09. The van der Waals surface area contributed by atoms with Gasteiger partial charge in [0.1, 0.15) is 18.4 Å². The zero-order chi connectivity index (χ0) is 20.1. The molecule has 2 aromatic carbocycles. The first-order valence-corrected chi connectivity index (χ1v) is 9.64. The molecule has 1 aliphatic rings. The molecule has 1 amide bonds. The molecule has 1 aliphatic heterocycles. The SMILES string of the molecule is COc1ccc(-c2noc(C3CCCN3C(=O)COCc3ccccc3)n2)cc1. The fraction of sp³-hybridized carbons (Fsp3) is 0.318. The second-order valence-corrected chi connectivity index (χ2v) is 6.91. The number of nitrogens with zero attached hydrogens (tertiary/aromatic N) is 3. The van der Waals surface area contributed by atoms with Crippen LogP contribution in [0.3, 0.4) is 0 Å². The maximum absolute atomic E-state index is 12.7. The minimum atomic E-state index is -0.206. The number of benzene rings is 2. The Balaban J connectivity index is 1.39. The summed E-state index contributed by atoms with van der Waals surface area (Å²) >= 11 is 0. The lowest BCUT2D eigenvalue weighted by Crippen LogP contribution is -2.33. The van der Waals surface area contributed by atoms with Gasteiger partial charge >= 0.3 is 0 Å². The summed E-state index contributed by atoms with van der Waals surface area (Å²) in [6.45, 7) is 1.11. The smallest absolute Gasteiger partial charge is 0.249 e. The van der Waals surface area contributed by atoms with Crippen molar-refractivity contribution in [2.45, 2.75) is 25.5 Å². The fourth-order valence-electron chi connectivity index (χ4n) is 3.46. The molecule has 1 unspecified atom stereocenters. The summed E-state index contributed by atoms with van der Waals surface area (Å²) in [4.78, 5) is 19.0. The molecular formula is C22H23N3O4. The number of carbonyl (C=O) groups excluding carboxylic acids is 1. The quantitative estimate of drug-likeness (QED) is 0.610. The Morgan fingerprint density at radius 1 is 1.17 bits per heavy atom. The Kier molecular flexibility index (Phi) is 5.86. The van der Waals surface area contributed by atoms with Crippen LogP contribution in [0, 0.1) is 0 Å². The lowest BCUT2D eigenvalue weighted by atomic mass is 10.2. The van der Waals surface area contributed by atoms with E-state index in [1.807, 2.05) is 54.6 Å². The number of methoxy groups -OCH3 is 1. The van der Waals surface area contributed by atoms with E-state index in [2.05, 4.69) is 10.1 Å². The van der Waals surface area contributed by atoms with Gasteiger partial charge in [-0.15, -0.1) is 0 Å². The summed E-state index contributed by atoms with van der Waals surface area (Å²) in [6.07, 6.45) is 1.70. The van der Waals surface area contributed by atoms with Gasteiger partial charge in [0, 0.05) is 12.1 Å². The highest BCUT2D eigenvalue weighted by Gasteiger charge is 2.34. The van der Waals surface area contributed by atoms with E-state index in [1.165, 1.54) is 0 Å². The summed E-state index contributed by atoms with van der Waals surface area (Å²) in [6, 6.07) is 17.0. The first-order valence-electron chi connectivity index (χ1n) is 9.64. The van der Waals surface area contributed by atoms with Gasteiger partial charge < -0.3 is 18.9 Å². The fourth-order valence-corrected chi connectivity index (χ4v) is 3.46. The van der Waals surface area contributed by atoms with Crippen LogP contribution in [0.4, 0.5) is 0 Å². The molecular weight excluding hydrogens is 370 g/mol. The summed E-state index contributed by atoms with van der Waals surface area (Å²) in [7, 11) is 1.62. The third-order valence-corrected chi connectivity index (χ3v) is 4.99. The first-order chi connectivity index (χ1) is 14.2. The van der Waals surface area contributed by atoms with Gasteiger partial charge in [-0.1, -0.05) is 35.5 Å². The van der Waals surface area contributed by atoms with Crippen molar-refractivity contribution < 1.29 is 18.8 Å². The van der Waals surface area contributed by atoms with Crippen molar-refractivity contribution in [1.29, 1.82) is 0 Å². The maximum Gasteiger partial charge on any atom is 0.249 e. The minimum absolute atomic E-state index is 0.0326. The Morgan fingerprint density at radius 3 is 2.72 bits per heavy atom. The van der Waals surface area contributed by atoms with Gasteiger partial charge in [-0.3, -0.25) is 4.79 Å². The molecule has 0 spiro atoms. The molecule has 7 nitrogen and oxygen atoms in total. The molecule has 1 aromatic heterocycles. The average Bonchev–Trinajstić information content (AvgIpc) is 3.44. The van der Waals surface area contributed by atoms with Crippen molar-refractivity contribution >= 4 is 5.91 Å². The highest BCUT2D eigenvalue weighted by Crippen LogP contribution is 2.32. The van der Waals surface area contributed by atoms with Crippen molar-refractivity contribution in [2.75, 3.05) is 20.3 Å². The van der Waals surface area contributed by atoms with Gasteiger partial charge in [-0.05, 0) is 42.7 Å². The molecule has 0 radical (unpaired) electrons. The molecule has 1 fully saturated rings. The standard InChI is InChI=1S/C22H23N3O4/c1-27-18-11-9-17(10-12-18)21-23-22(29-24-21)19-8-5-13-25(19)20(26)15-28-14-16-6-3-2-4-7-16/h2-4,6-7,9-12,19H,5,8,13-15H2,1H3. The van der Waals surface area contributed by atoms with Gasteiger partial charge in [0.25, 0.3) is 0 Å². The first kappa shape index (κ1) is 19.1. The molecule has 0 aliphatic carbocycles. The third kappa shape index (κ3) is 4.46. The zero-order valence-electron chi connectivity index (χ0n) is 16.3. The van der Waals surface area contributed by atoms with Crippen LogP contribution < -0.4 is 4.74 Å². The number of hydrogen-bond donors (Lipinski definition) is 0. The number of amides is 1. The number of likely N-dealkylation sites (tertiary alicyclic amines) is 1. The summed E-state index contributed by atoms with van der Waals surface area (Å²) in [5.74, 6) is 1.67. The molecule has 0 N–H and O–H groups in total. The van der Waals surface area contributed by atoms with Crippen molar-refractivity contribution in [3.8, 4) is 17.1 Å². The van der Waals surface area contributed by atoms with Gasteiger partial charge in [0.2, 0.25) is 17.6 Å². The number of ether oxygens (including phenoxy) is 2. The van der Waals surface area contributed by atoms with Crippen LogP contribution in [-0.4, -0.2) is 41.2 Å². The van der Waals surface area contributed by atoms with Crippen molar-refractivity contribution in [1.82, 2.24) is 15.0 Å². The van der Waals surface area contributed by atoms with Crippen LogP contribution in [0.25, 0.3) is 11.4 Å². The average molecular weight is 393 g/mol. The predicted octanol–water partition coefficient (Wildman–Crippen LogP) is 3.63. The van der Waals surface area contributed by atoms with Crippen molar-refractivity contribution in [3.05, 3.63) is 66.1 Å². The van der Waals surface area contributed by atoms with Gasteiger partial charge in [0.15, 0.2) is 0 Å². The van der Waals surface area contributed by atoms with E-state index in [1.54, 1.807) is 12.0 Å². The topological polar surface area (TPSA) is 77.7 Å². The summed E-state index contributed by atoms with van der Waals surface area (Å²) < 4.78 is 16.3. The number of aromatic nitrogens is 2. The Labute approximate surface area is 169 Å². The van der Waals surface area contributed by atoms with Gasteiger partial charge in [-0.2, -0.15) is 4.98 Å². The van der Waals surface area contributed by atoms with E-state index in [4.69, 9.17) is 14.0 Å². The molecule has 1 atom stereocenters. The molecule has 150 valence electrons. The maximum atomic E-state index is 12.7. The predicted molar refractivity (Wildman–Crippen MR) is 106 cm³/mol. The van der Waals surface area contributed by atoms with Gasteiger partial charge in [0.05, 0.1) is 13.7 Å². The van der Waals surface area contributed by atoms with Crippen molar-refractivity contribution in [3.63, 3.8) is 0 Å². The second-order valence-electron chi connectivity index (χ2n) is 6.91. The Hall–Kier alpha value is -3.19. The number of rotatable bonds is 7. The zero-order valence-corrected chi connectivity index (χ0v) is 16.3. The van der Waals surface area contributed by atoms with Crippen LogP contribution in [0.15, 0.2) is 59.1 Å². The minimum Gasteiger partial charge on any atom is -0.497 e. The molecule has 0 saturated carbocycles. The largest absolute Gasteiger partial charge is 0.497 e. The lowest BCUT2D eigenvalue weighted by molar-refractivity contribution is -0.138. The second kappa shape index (κ2) is 8.87. The molecule has 4 rings (SSSR count). The van der Waals surface area contributed by atoms with E-state index in [9.17, 15) is 4.79 Å². The van der Waals surface area contributed by atoms with Crippen LogP contribution in [-0.2, 0) is 16.1 Å². The highest BCUT2D eigenvalue weighted by molar-refractivity contribution is 5.78. The normalized spacial score (nSPS) is 16.2. The Morgan fingerprint density at radius 2 is 1.97 bits per heavy atom. The molecule has 3 aromatic rings. The monoisotopic (exact) mass is 393 g/mol. The van der Waals surface area contributed by atoms with Crippen LogP contribution in [0.2, 0.25) is 0 Å². The van der Waals surface area contributed by atoms with Crippen LogP contribution in [0.1, 0.15) is 30.3 Å². The lowest BCUT2D eigenvalue weighted by Gasteiger charge is -2.21. The van der Waals surface area contributed by atoms with Gasteiger partial charge in [-0.25, -0.2) is 0 Å². The molecule has 7 heteroatoms. The van der Waals surface area contributed by atoms with E-state index in [0.717, 1.165) is 29.7 Å². The van der Waals surface area contributed by atoms with E-state index in [0.29, 0.717) is 24.9 Å². The number of hydrogen-bond acceptors (Lipinski definition) is 6. The van der Waals surface area contributed by atoms with E-state index < -0.39 is 0 Å². The summed E-state index contributed by atoms with van der Waals surface area (Å²) in [5.41, 5.74) is 1.88. The van der Waals surface area contributed by atoms with Crippen molar-refractivity contribution in [2.24, 2.45) is 0 Å². The Bertz CT molecular complexity index is 940. The van der Waals surface area contributed by atoms with E-state index in [-0.39, 0.29) is 18.6 Å². The molecule has 0 bridgehead atoms. The van der Waals surface area contributed by atoms with Crippen LogP contribution in [0.5, 0.6) is 5.75 Å². The number of carbonyl (C=O) groups is 1. The molecule has 2 heterocycles. The molecule has 29 heavy (non-hydrogen) atoms.